The van der Waals surface area contributed by atoms with Crippen molar-refractivity contribution in [2.24, 2.45) is 4.99 Å². The summed E-state index contributed by atoms with van der Waals surface area (Å²) in [5.41, 5.74) is 4.43. The zero-order chi connectivity index (χ0) is 19.5. The molecule has 0 aliphatic rings. The molecule has 0 spiro atoms. The van der Waals surface area contributed by atoms with Gasteiger partial charge in [-0.1, -0.05) is 29.3 Å². The number of aliphatic imine (C=N–C) groups is 1. The SMILES string of the molecule is CCNC(=NCCc1cc(C)cc(C)c1)NCCNC(=O)c1cccnc1. The van der Waals surface area contributed by atoms with Gasteiger partial charge in [0.15, 0.2) is 5.96 Å². The summed E-state index contributed by atoms with van der Waals surface area (Å²) in [4.78, 5) is 20.5. The summed E-state index contributed by atoms with van der Waals surface area (Å²) in [6, 6.07) is 10.1. The number of hydrogen-bond donors (Lipinski definition) is 3. The Morgan fingerprint density at radius 2 is 1.81 bits per heavy atom. The van der Waals surface area contributed by atoms with Gasteiger partial charge in [-0.3, -0.25) is 14.8 Å². The Bertz CT molecular complexity index is 738. The number of aryl methyl sites for hydroxylation is 2. The topological polar surface area (TPSA) is 78.4 Å². The fourth-order valence-electron chi connectivity index (χ4n) is 2.81. The Kier molecular flexibility index (Phi) is 8.29. The van der Waals surface area contributed by atoms with Crippen molar-refractivity contribution in [3.63, 3.8) is 0 Å². The lowest BCUT2D eigenvalue weighted by molar-refractivity contribution is 0.0954. The molecular weight excluding hydrogens is 338 g/mol. The molecule has 2 aromatic rings. The van der Waals surface area contributed by atoms with Crippen molar-refractivity contribution in [2.45, 2.75) is 27.2 Å². The van der Waals surface area contributed by atoms with E-state index in [1.165, 1.54) is 16.7 Å². The van der Waals surface area contributed by atoms with Crippen LogP contribution in [0.3, 0.4) is 0 Å². The van der Waals surface area contributed by atoms with Crippen molar-refractivity contribution in [2.75, 3.05) is 26.2 Å². The van der Waals surface area contributed by atoms with E-state index in [0.717, 1.165) is 18.9 Å². The normalized spacial score (nSPS) is 11.1. The minimum atomic E-state index is -0.123. The van der Waals surface area contributed by atoms with Crippen LogP contribution in [0.5, 0.6) is 0 Å². The van der Waals surface area contributed by atoms with Crippen LogP contribution in [0.15, 0.2) is 47.7 Å². The fourth-order valence-corrected chi connectivity index (χ4v) is 2.81. The van der Waals surface area contributed by atoms with Crippen molar-refractivity contribution >= 4 is 11.9 Å². The Morgan fingerprint density at radius 1 is 1.07 bits per heavy atom. The zero-order valence-corrected chi connectivity index (χ0v) is 16.4. The van der Waals surface area contributed by atoms with Crippen molar-refractivity contribution in [1.82, 2.24) is 20.9 Å². The third-order valence-electron chi connectivity index (χ3n) is 3.92. The van der Waals surface area contributed by atoms with Gasteiger partial charge in [0.2, 0.25) is 0 Å². The molecule has 0 fully saturated rings. The number of amides is 1. The molecule has 0 saturated heterocycles. The van der Waals surface area contributed by atoms with Crippen LogP contribution in [0.1, 0.15) is 34.0 Å². The van der Waals surface area contributed by atoms with Gasteiger partial charge in [-0.15, -0.1) is 0 Å². The van der Waals surface area contributed by atoms with E-state index in [0.29, 0.717) is 25.2 Å². The van der Waals surface area contributed by atoms with Gasteiger partial charge in [-0.2, -0.15) is 0 Å². The molecule has 27 heavy (non-hydrogen) atoms. The number of rotatable bonds is 8. The molecule has 1 heterocycles. The first-order valence-corrected chi connectivity index (χ1v) is 9.36. The second kappa shape index (κ2) is 11.0. The summed E-state index contributed by atoms with van der Waals surface area (Å²) < 4.78 is 0. The molecule has 0 bridgehead atoms. The largest absolute Gasteiger partial charge is 0.357 e. The van der Waals surface area contributed by atoms with Crippen molar-refractivity contribution < 1.29 is 4.79 Å². The molecule has 0 aliphatic heterocycles. The van der Waals surface area contributed by atoms with Crippen LogP contribution in [0, 0.1) is 13.8 Å². The average Bonchev–Trinajstić information content (AvgIpc) is 2.65. The molecule has 0 atom stereocenters. The van der Waals surface area contributed by atoms with Gasteiger partial charge >= 0.3 is 0 Å². The van der Waals surface area contributed by atoms with Crippen LogP contribution in [0.4, 0.5) is 0 Å². The van der Waals surface area contributed by atoms with Crippen LogP contribution < -0.4 is 16.0 Å². The second-order valence-corrected chi connectivity index (χ2v) is 6.43. The van der Waals surface area contributed by atoms with Crippen LogP contribution >= 0.6 is 0 Å². The first-order chi connectivity index (χ1) is 13.1. The quantitative estimate of drug-likeness (QED) is 0.380. The second-order valence-electron chi connectivity index (χ2n) is 6.43. The van der Waals surface area contributed by atoms with Crippen molar-refractivity contribution in [3.05, 3.63) is 65.0 Å². The maximum atomic E-state index is 12.0. The molecule has 1 aromatic heterocycles. The van der Waals surface area contributed by atoms with E-state index in [2.05, 4.69) is 58.0 Å². The van der Waals surface area contributed by atoms with E-state index in [1.54, 1.807) is 24.5 Å². The summed E-state index contributed by atoms with van der Waals surface area (Å²) in [6.45, 7) is 8.87. The minimum absolute atomic E-state index is 0.123. The average molecular weight is 367 g/mol. The lowest BCUT2D eigenvalue weighted by atomic mass is 10.1. The molecule has 6 heteroatoms. The Hall–Kier alpha value is -2.89. The maximum absolute atomic E-state index is 12.0. The van der Waals surface area contributed by atoms with Crippen molar-refractivity contribution in [1.29, 1.82) is 0 Å². The number of carbonyl (C=O) groups is 1. The van der Waals surface area contributed by atoms with E-state index >= 15 is 0 Å². The monoisotopic (exact) mass is 367 g/mol. The summed E-state index contributed by atoms with van der Waals surface area (Å²) in [7, 11) is 0. The van der Waals surface area contributed by atoms with Gasteiger partial charge in [0.1, 0.15) is 0 Å². The Labute approximate surface area is 161 Å². The molecule has 0 radical (unpaired) electrons. The Morgan fingerprint density at radius 3 is 2.48 bits per heavy atom. The molecule has 1 amide bonds. The third-order valence-corrected chi connectivity index (χ3v) is 3.92. The predicted molar refractivity (Wildman–Crippen MR) is 110 cm³/mol. The summed E-state index contributed by atoms with van der Waals surface area (Å²) in [6.07, 6.45) is 4.10. The summed E-state index contributed by atoms with van der Waals surface area (Å²) in [5.74, 6) is 0.638. The van der Waals surface area contributed by atoms with Crippen molar-refractivity contribution in [3.8, 4) is 0 Å². The number of benzene rings is 1. The highest BCUT2D eigenvalue weighted by atomic mass is 16.1. The highest BCUT2D eigenvalue weighted by Gasteiger charge is 2.04. The summed E-state index contributed by atoms with van der Waals surface area (Å²) >= 11 is 0. The highest BCUT2D eigenvalue weighted by molar-refractivity contribution is 5.93. The van der Waals surface area contributed by atoms with E-state index in [9.17, 15) is 4.79 Å². The number of carbonyl (C=O) groups excluding carboxylic acids is 1. The van der Waals surface area contributed by atoms with Gasteiger partial charge in [-0.05, 0) is 44.9 Å². The predicted octanol–water partition coefficient (Wildman–Crippen LogP) is 2.23. The standard InChI is InChI=1S/C21H29N5O/c1-4-23-21(25-9-7-18-13-16(2)12-17(3)14-18)26-11-10-24-20(27)19-6-5-8-22-15-19/h5-6,8,12-15H,4,7,9-11H2,1-3H3,(H,24,27)(H2,23,25,26). The van der Waals surface area contributed by atoms with Gasteiger partial charge in [0, 0.05) is 38.6 Å². The lowest BCUT2D eigenvalue weighted by Gasteiger charge is -2.12. The van der Waals surface area contributed by atoms with Crippen LogP contribution in [0.2, 0.25) is 0 Å². The minimum Gasteiger partial charge on any atom is -0.357 e. The van der Waals surface area contributed by atoms with Gasteiger partial charge in [0.05, 0.1) is 5.56 Å². The molecule has 144 valence electrons. The molecular formula is C21H29N5O. The zero-order valence-electron chi connectivity index (χ0n) is 16.4. The van der Waals surface area contributed by atoms with E-state index in [1.807, 2.05) is 6.92 Å². The number of aromatic nitrogens is 1. The molecule has 6 nitrogen and oxygen atoms in total. The Balaban J connectivity index is 1.77. The smallest absolute Gasteiger partial charge is 0.252 e. The number of nitrogens with zero attached hydrogens (tertiary/aromatic N) is 2. The number of hydrogen-bond acceptors (Lipinski definition) is 3. The molecule has 1 aromatic carbocycles. The molecule has 3 N–H and O–H groups in total. The van der Waals surface area contributed by atoms with E-state index < -0.39 is 0 Å². The number of guanidine groups is 1. The fraction of sp³-hybridized carbons (Fsp3) is 0.381. The molecule has 0 saturated carbocycles. The van der Waals surface area contributed by atoms with E-state index in [-0.39, 0.29) is 5.91 Å². The highest BCUT2D eigenvalue weighted by Crippen LogP contribution is 2.09. The summed E-state index contributed by atoms with van der Waals surface area (Å²) in [5, 5.41) is 9.34. The van der Waals surface area contributed by atoms with Gasteiger partial charge in [0.25, 0.3) is 5.91 Å². The molecule has 0 aliphatic carbocycles. The van der Waals surface area contributed by atoms with Crippen LogP contribution in [-0.2, 0) is 6.42 Å². The van der Waals surface area contributed by atoms with Crippen LogP contribution in [-0.4, -0.2) is 43.0 Å². The number of nitrogens with one attached hydrogen (secondary N) is 3. The van der Waals surface area contributed by atoms with E-state index in [4.69, 9.17) is 0 Å². The van der Waals surface area contributed by atoms with Gasteiger partial charge < -0.3 is 16.0 Å². The maximum Gasteiger partial charge on any atom is 0.252 e. The molecule has 0 unspecified atom stereocenters. The van der Waals surface area contributed by atoms with Gasteiger partial charge in [-0.25, -0.2) is 0 Å². The molecule has 2 rings (SSSR count). The first-order valence-electron chi connectivity index (χ1n) is 9.36. The lowest BCUT2D eigenvalue weighted by Crippen LogP contribution is -2.41. The van der Waals surface area contributed by atoms with Crippen LogP contribution in [0.25, 0.3) is 0 Å². The third kappa shape index (κ3) is 7.48. The number of pyridine rings is 1. The first kappa shape index (κ1) is 20.4.